The first-order chi connectivity index (χ1) is 10.8. The Kier molecular flexibility index (Phi) is 9.10. The van der Waals surface area contributed by atoms with Gasteiger partial charge in [-0.2, -0.15) is 0 Å². The van der Waals surface area contributed by atoms with Crippen LogP contribution >= 0.6 is 0 Å². The van der Waals surface area contributed by atoms with E-state index in [1.54, 1.807) is 0 Å². The lowest BCUT2D eigenvalue weighted by atomic mass is 9.73. The summed E-state index contributed by atoms with van der Waals surface area (Å²) in [5.74, 6) is 1.39. The summed E-state index contributed by atoms with van der Waals surface area (Å²) in [6.07, 6.45) is 7.06. The van der Waals surface area contributed by atoms with Gasteiger partial charge < -0.3 is 14.2 Å². The van der Waals surface area contributed by atoms with Gasteiger partial charge >= 0.3 is 0 Å². The van der Waals surface area contributed by atoms with Gasteiger partial charge in [-0.3, -0.25) is 0 Å². The maximum Gasteiger partial charge on any atom is 0.0707 e. The minimum absolute atomic E-state index is 0.0455. The molecule has 0 aliphatic heterocycles. The van der Waals surface area contributed by atoms with Gasteiger partial charge in [0.1, 0.15) is 0 Å². The highest BCUT2D eigenvalue weighted by molar-refractivity contribution is 4.89. The molecule has 0 N–H and O–H groups in total. The summed E-state index contributed by atoms with van der Waals surface area (Å²) in [5.41, 5.74) is 0.0638. The Morgan fingerprint density at radius 3 is 2.26 bits per heavy atom. The SMILES string of the molecule is CC1CCCC(OCCCOCCCOC(C)(C)C)(C(C)C)C1. The fraction of sp³-hybridized carbons (Fsp3) is 1.00. The summed E-state index contributed by atoms with van der Waals surface area (Å²) in [7, 11) is 0. The molecule has 0 spiro atoms. The second-order valence-electron chi connectivity index (χ2n) is 8.55. The first-order valence-electron chi connectivity index (χ1n) is 9.61. The smallest absolute Gasteiger partial charge is 0.0707 e. The van der Waals surface area contributed by atoms with Crippen LogP contribution in [-0.2, 0) is 14.2 Å². The molecule has 0 heterocycles. The van der Waals surface area contributed by atoms with Gasteiger partial charge in [0.25, 0.3) is 0 Å². The maximum atomic E-state index is 6.37. The summed E-state index contributed by atoms with van der Waals surface area (Å²) in [5, 5.41) is 0. The average molecular weight is 329 g/mol. The lowest BCUT2D eigenvalue weighted by molar-refractivity contribution is -0.115. The molecule has 0 radical (unpaired) electrons. The third-order valence-electron chi connectivity index (χ3n) is 4.83. The standard InChI is InChI=1S/C20H40O3/c1-17(2)20(11-7-10-18(3)16-20)23-15-9-13-21-12-8-14-22-19(4,5)6/h17-18H,7-16H2,1-6H3. The van der Waals surface area contributed by atoms with Crippen molar-refractivity contribution < 1.29 is 14.2 Å². The van der Waals surface area contributed by atoms with Gasteiger partial charge in [-0.25, -0.2) is 0 Å². The molecular weight excluding hydrogens is 288 g/mol. The summed E-state index contributed by atoms with van der Waals surface area (Å²) in [4.78, 5) is 0. The van der Waals surface area contributed by atoms with E-state index in [0.29, 0.717) is 5.92 Å². The van der Waals surface area contributed by atoms with Crippen molar-refractivity contribution in [2.24, 2.45) is 11.8 Å². The molecule has 3 nitrogen and oxygen atoms in total. The van der Waals surface area contributed by atoms with Crippen LogP contribution in [0.15, 0.2) is 0 Å². The van der Waals surface area contributed by atoms with E-state index in [1.807, 2.05) is 0 Å². The number of hydrogen-bond donors (Lipinski definition) is 0. The second-order valence-corrected chi connectivity index (χ2v) is 8.55. The Morgan fingerprint density at radius 2 is 1.70 bits per heavy atom. The molecule has 3 heteroatoms. The Bertz CT molecular complexity index is 308. The predicted molar refractivity (Wildman–Crippen MR) is 96.9 cm³/mol. The quantitative estimate of drug-likeness (QED) is 0.515. The highest BCUT2D eigenvalue weighted by Crippen LogP contribution is 2.40. The normalized spacial score (nSPS) is 26.0. The van der Waals surface area contributed by atoms with Crippen LogP contribution in [0.4, 0.5) is 0 Å². The summed E-state index contributed by atoms with van der Waals surface area (Å²) in [6.45, 7) is 16.4. The van der Waals surface area contributed by atoms with Crippen molar-refractivity contribution in [3.05, 3.63) is 0 Å². The number of rotatable bonds is 10. The van der Waals surface area contributed by atoms with Gasteiger partial charge in [0, 0.05) is 26.4 Å². The van der Waals surface area contributed by atoms with Gasteiger partial charge in [-0.05, 0) is 58.3 Å². The molecule has 1 aliphatic rings. The van der Waals surface area contributed by atoms with Gasteiger partial charge in [-0.15, -0.1) is 0 Å². The van der Waals surface area contributed by atoms with Crippen molar-refractivity contribution in [3.63, 3.8) is 0 Å². The third kappa shape index (κ3) is 8.51. The van der Waals surface area contributed by atoms with Crippen molar-refractivity contribution in [1.29, 1.82) is 0 Å². The molecule has 2 unspecified atom stereocenters. The number of hydrogen-bond acceptors (Lipinski definition) is 3. The Morgan fingerprint density at radius 1 is 1.04 bits per heavy atom. The van der Waals surface area contributed by atoms with E-state index < -0.39 is 0 Å². The highest BCUT2D eigenvalue weighted by atomic mass is 16.5. The van der Waals surface area contributed by atoms with Crippen molar-refractivity contribution >= 4 is 0 Å². The van der Waals surface area contributed by atoms with Gasteiger partial charge in [0.15, 0.2) is 0 Å². The van der Waals surface area contributed by atoms with Gasteiger partial charge in [0.05, 0.1) is 11.2 Å². The summed E-state index contributed by atoms with van der Waals surface area (Å²) < 4.78 is 17.7. The van der Waals surface area contributed by atoms with E-state index in [9.17, 15) is 0 Å². The second kappa shape index (κ2) is 10.0. The van der Waals surface area contributed by atoms with Crippen molar-refractivity contribution in [2.75, 3.05) is 26.4 Å². The zero-order valence-electron chi connectivity index (χ0n) is 16.5. The van der Waals surface area contributed by atoms with Crippen LogP contribution in [0.3, 0.4) is 0 Å². The summed E-state index contributed by atoms with van der Waals surface area (Å²) in [6, 6.07) is 0. The van der Waals surface area contributed by atoms with Crippen LogP contribution in [0.1, 0.15) is 80.1 Å². The van der Waals surface area contributed by atoms with E-state index in [0.717, 1.165) is 45.2 Å². The summed E-state index contributed by atoms with van der Waals surface area (Å²) >= 11 is 0. The lowest BCUT2D eigenvalue weighted by Crippen LogP contribution is -2.43. The molecule has 0 aromatic heterocycles. The Labute approximate surface area is 144 Å². The fourth-order valence-electron chi connectivity index (χ4n) is 3.44. The molecule has 0 saturated heterocycles. The first-order valence-corrected chi connectivity index (χ1v) is 9.61. The van der Waals surface area contributed by atoms with Crippen LogP contribution in [0.5, 0.6) is 0 Å². The number of ether oxygens (including phenoxy) is 3. The molecule has 1 saturated carbocycles. The Balaban J connectivity index is 2.09. The van der Waals surface area contributed by atoms with Crippen LogP contribution in [0.2, 0.25) is 0 Å². The highest BCUT2D eigenvalue weighted by Gasteiger charge is 2.38. The average Bonchev–Trinajstić information content (AvgIpc) is 2.44. The molecule has 0 amide bonds. The molecule has 1 rings (SSSR count). The van der Waals surface area contributed by atoms with Crippen molar-refractivity contribution in [2.45, 2.75) is 91.3 Å². The zero-order chi connectivity index (χ0) is 17.3. The minimum Gasteiger partial charge on any atom is -0.381 e. The van der Waals surface area contributed by atoms with Crippen LogP contribution in [-0.4, -0.2) is 37.6 Å². The zero-order valence-corrected chi connectivity index (χ0v) is 16.5. The maximum absolute atomic E-state index is 6.37. The topological polar surface area (TPSA) is 27.7 Å². The van der Waals surface area contributed by atoms with E-state index in [2.05, 4.69) is 41.5 Å². The van der Waals surface area contributed by atoms with Gasteiger partial charge in [0.2, 0.25) is 0 Å². The van der Waals surface area contributed by atoms with Crippen LogP contribution in [0, 0.1) is 11.8 Å². The molecule has 138 valence electrons. The molecule has 0 bridgehead atoms. The molecule has 23 heavy (non-hydrogen) atoms. The predicted octanol–water partition coefficient (Wildman–Crippen LogP) is 5.22. The van der Waals surface area contributed by atoms with Crippen molar-refractivity contribution in [1.82, 2.24) is 0 Å². The first kappa shape index (κ1) is 20.9. The van der Waals surface area contributed by atoms with Gasteiger partial charge in [-0.1, -0.05) is 33.6 Å². The molecular formula is C20H40O3. The molecule has 0 aromatic carbocycles. The molecule has 1 fully saturated rings. The van der Waals surface area contributed by atoms with Crippen LogP contribution < -0.4 is 0 Å². The van der Waals surface area contributed by atoms with E-state index in [4.69, 9.17) is 14.2 Å². The molecule has 0 aromatic rings. The molecule has 1 aliphatic carbocycles. The monoisotopic (exact) mass is 328 g/mol. The Hall–Kier alpha value is -0.120. The lowest BCUT2D eigenvalue weighted by Gasteiger charge is -2.43. The van der Waals surface area contributed by atoms with Crippen molar-refractivity contribution in [3.8, 4) is 0 Å². The molecule has 2 atom stereocenters. The fourth-order valence-corrected chi connectivity index (χ4v) is 3.44. The van der Waals surface area contributed by atoms with E-state index in [-0.39, 0.29) is 11.2 Å². The van der Waals surface area contributed by atoms with Crippen LogP contribution in [0.25, 0.3) is 0 Å². The van der Waals surface area contributed by atoms with E-state index >= 15 is 0 Å². The minimum atomic E-state index is -0.0455. The largest absolute Gasteiger partial charge is 0.381 e. The van der Waals surface area contributed by atoms with E-state index in [1.165, 1.54) is 25.7 Å². The third-order valence-corrected chi connectivity index (χ3v) is 4.83.